The molecule has 1 aromatic rings. The van der Waals surface area contributed by atoms with Crippen molar-refractivity contribution in [1.82, 2.24) is 10.3 Å². The second-order valence-corrected chi connectivity index (χ2v) is 5.62. The van der Waals surface area contributed by atoms with Crippen molar-refractivity contribution < 1.29 is 9.53 Å². The van der Waals surface area contributed by atoms with Crippen molar-refractivity contribution in [3.63, 3.8) is 0 Å². The van der Waals surface area contributed by atoms with Crippen LogP contribution < -0.4 is 10.6 Å². The molecule has 20 heavy (non-hydrogen) atoms. The van der Waals surface area contributed by atoms with Gasteiger partial charge in [-0.15, -0.1) is 0 Å². The van der Waals surface area contributed by atoms with E-state index in [0.29, 0.717) is 23.0 Å². The molecule has 2 heterocycles. The van der Waals surface area contributed by atoms with Crippen LogP contribution >= 0.6 is 11.6 Å². The first-order valence-corrected chi connectivity index (χ1v) is 7.17. The number of hydrogen-bond acceptors (Lipinski definition) is 4. The number of amides is 1. The average molecular weight is 298 g/mol. The van der Waals surface area contributed by atoms with Crippen LogP contribution in [-0.2, 0) is 4.74 Å². The van der Waals surface area contributed by atoms with E-state index in [1.54, 1.807) is 6.07 Å². The highest BCUT2D eigenvalue weighted by Crippen LogP contribution is 2.26. The van der Waals surface area contributed by atoms with Gasteiger partial charge in [-0.1, -0.05) is 11.6 Å². The van der Waals surface area contributed by atoms with Crippen molar-refractivity contribution in [1.29, 1.82) is 0 Å². The van der Waals surface area contributed by atoms with E-state index < -0.39 is 0 Å². The van der Waals surface area contributed by atoms with Gasteiger partial charge in [-0.3, -0.25) is 4.79 Å². The van der Waals surface area contributed by atoms with Crippen molar-refractivity contribution in [2.75, 3.05) is 18.5 Å². The van der Waals surface area contributed by atoms with E-state index in [1.165, 1.54) is 6.20 Å². The van der Waals surface area contributed by atoms with Crippen LogP contribution in [-0.4, -0.2) is 35.7 Å². The SMILES string of the molecule is CCNc1cc(C(=O)NC2(C)CCOC2C)c(Cl)cn1. The van der Waals surface area contributed by atoms with Gasteiger partial charge in [0.25, 0.3) is 5.91 Å². The number of ether oxygens (including phenoxy) is 1. The van der Waals surface area contributed by atoms with Crippen molar-refractivity contribution in [3.8, 4) is 0 Å². The molecule has 2 N–H and O–H groups in total. The highest BCUT2D eigenvalue weighted by molar-refractivity contribution is 6.33. The molecule has 1 aromatic heterocycles. The number of pyridine rings is 1. The molecule has 6 heteroatoms. The first-order chi connectivity index (χ1) is 9.46. The molecule has 5 nitrogen and oxygen atoms in total. The highest BCUT2D eigenvalue weighted by Gasteiger charge is 2.38. The minimum atomic E-state index is -0.359. The van der Waals surface area contributed by atoms with Crippen LogP contribution in [0.1, 0.15) is 37.6 Å². The zero-order valence-corrected chi connectivity index (χ0v) is 12.8. The molecular formula is C14H20ClN3O2. The molecule has 2 unspecified atom stereocenters. The third kappa shape index (κ3) is 3.04. The minimum Gasteiger partial charge on any atom is -0.376 e. The molecule has 0 bridgehead atoms. The lowest BCUT2D eigenvalue weighted by Gasteiger charge is -2.29. The van der Waals surface area contributed by atoms with Crippen molar-refractivity contribution in [2.24, 2.45) is 0 Å². The van der Waals surface area contributed by atoms with Crippen molar-refractivity contribution in [3.05, 3.63) is 22.8 Å². The largest absolute Gasteiger partial charge is 0.376 e. The molecule has 1 aliphatic heterocycles. The molecule has 0 saturated carbocycles. The summed E-state index contributed by atoms with van der Waals surface area (Å²) >= 11 is 6.08. The van der Waals surface area contributed by atoms with Gasteiger partial charge < -0.3 is 15.4 Å². The van der Waals surface area contributed by atoms with Gasteiger partial charge >= 0.3 is 0 Å². The van der Waals surface area contributed by atoms with Crippen LogP contribution in [0.25, 0.3) is 0 Å². The smallest absolute Gasteiger partial charge is 0.253 e. The molecule has 0 spiro atoms. The van der Waals surface area contributed by atoms with Crippen molar-refractivity contribution >= 4 is 23.3 Å². The van der Waals surface area contributed by atoms with Crippen LogP contribution in [0.5, 0.6) is 0 Å². The number of nitrogens with zero attached hydrogens (tertiary/aromatic N) is 1. The first kappa shape index (κ1) is 15.1. The number of aromatic nitrogens is 1. The summed E-state index contributed by atoms with van der Waals surface area (Å²) in [6.45, 7) is 7.31. The van der Waals surface area contributed by atoms with Crippen LogP contribution in [0.15, 0.2) is 12.3 Å². The predicted octanol–water partition coefficient (Wildman–Crippen LogP) is 2.46. The molecule has 1 saturated heterocycles. The predicted molar refractivity (Wildman–Crippen MR) is 79.3 cm³/mol. The Morgan fingerprint density at radius 1 is 1.65 bits per heavy atom. The molecule has 0 aromatic carbocycles. The van der Waals surface area contributed by atoms with Gasteiger partial charge in [-0.05, 0) is 33.3 Å². The van der Waals surface area contributed by atoms with Crippen molar-refractivity contribution in [2.45, 2.75) is 38.8 Å². The van der Waals surface area contributed by atoms with E-state index in [-0.39, 0.29) is 17.6 Å². The monoisotopic (exact) mass is 297 g/mol. The summed E-state index contributed by atoms with van der Waals surface area (Å²) in [6.07, 6.45) is 2.27. The number of hydrogen-bond donors (Lipinski definition) is 2. The number of carbonyl (C=O) groups is 1. The van der Waals surface area contributed by atoms with Gasteiger partial charge in [0.1, 0.15) is 5.82 Å². The molecule has 2 atom stereocenters. The Morgan fingerprint density at radius 2 is 2.40 bits per heavy atom. The topological polar surface area (TPSA) is 63.2 Å². The van der Waals surface area contributed by atoms with Crippen LogP contribution in [0.3, 0.4) is 0 Å². The average Bonchev–Trinajstić information content (AvgIpc) is 2.72. The quantitative estimate of drug-likeness (QED) is 0.896. The Bertz CT molecular complexity index is 509. The van der Waals surface area contributed by atoms with Crippen LogP contribution in [0, 0.1) is 0 Å². The molecule has 1 fully saturated rings. The third-order valence-electron chi connectivity index (χ3n) is 3.74. The minimum absolute atomic E-state index is 0.0136. The maximum Gasteiger partial charge on any atom is 0.253 e. The Kier molecular flexibility index (Phi) is 4.50. The fraction of sp³-hybridized carbons (Fsp3) is 0.571. The molecule has 110 valence electrons. The zero-order valence-electron chi connectivity index (χ0n) is 12.0. The summed E-state index contributed by atoms with van der Waals surface area (Å²) in [4.78, 5) is 16.5. The molecule has 1 aliphatic rings. The summed E-state index contributed by atoms with van der Waals surface area (Å²) in [6, 6.07) is 1.67. The second-order valence-electron chi connectivity index (χ2n) is 5.21. The zero-order chi connectivity index (χ0) is 14.8. The van der Waals surface area contributed by atoms with Gasteiger partial charge in [0.15, 0.2) is 0 Å². The molecule has 0 aliphatic carbocycles. The lowest BCUT2D eigenvalue weighted by Crippen LogP contribution is -2.50. The Hall–Kier alpha value is -1.33. The summed E-state index contributed by atoms with van der Waals surface area (Å²) in [5.41, 5.74) is 0.0696. The van der Waals surface area contributed by atoms with E-state index in [1.807, 2.05) is 20.8 Å². The highest BCUT2D eigenvalue weighted by atomic mass is 35.5. The van der Waals surface area contributed by atoms with Gasteiger partial charge in [-0.25, -0.2) is 4.98 Å². The molecular weight excluding hydrogens is 278 g/mol. The standard InChI is InChI=1S/C14H20ClN3O2/c1-4-16-12-7-10(11(15)8-17-12)13(19)18-14(3)5-6-20-9(14)2/h7-9H,4-6H2,1-3H3,(H,16,17)(H,18,19). The summed E-state index contributed by atoms with van der Waals surface area (Å²) < 4.78 is 5.53. The van der Waals surface area contributed by atoms with E-state index in [2.05, 4.69) is 15.6 Å². The number of rotatable bonds is 4. The normalized spacial score (nSPS) is 25.5. The molecule has 1 amide bonds. The van der Waals surface area contributed by atoms with Gasteiger partial charge in [0.2, 0.25) is 0 Å². The lowest BCUT2D eigenvalue weighted by molar-refractivity contribution is 0.0727. The fourth-order valence-corrected chi connectivity index (χ4v) is 2.41. The Labute approximate surface area is 124 Å². The lowest BCUT2D eigenvalue weighted by atomic mass is 9.94. The molecule has 2 rings (SSSR count). The Morgan fingerprint density at radius 3 is 3.00 bits per heavy atom. The van der Waals surface area contributed by atoms with E-state index in [0.717, 1.165) is 13.0 Å². The third-order valence-corrected chi connectivity index (χ3v) is 4.04. The maximum absolute atomic E-state index is 12.4. The molecule has 0 radical (unpaired) electrons. The summed E-state index contributed by atoms with van der Waals surface area (Å²) in [5, 5.41) is 6.44. The van der Waals surface area contributed by atoms with Gasteiger partial charge in [0, 0.05) is 19.3 Å². The van der Waals surface area contributed by atoms with Gasteiger partial charge in [-0.2, -0.15) is 0 Å². The van der Waals surface area contributed by atoms with E-state index >= 15 is 0 Å². The summed E-state index contributed by atoms with van der Waals surface area (Å²) in [5.74, 6) is 0.444. The number of anilines is 1. The number of carbonyl (C=O) groups excluding carboxylic acids is 1. The van der Waals surface area contributed by atoms with Crippen LogP contribution in [0.4, 0.5) is 5.82 Å². The van der Waals surface area contributed by atoms with Gasteiger partial charge in [0.05, 0.1) is 22.2 Å². The van der Waals surface area contributed by atoms with E-state index in [4.69, 9.17) is 16.3 Å². The second kappa shape index (κ2) is 5.97. The summed E-state index contributed by atoms with van der Waals surface area (Å²) in [7, 11) is 0. The number of nitrogens with one attached hydrogen (secondary N) is 2. The Balaban J connectivity index is 2.18. The maximum atomic E-state index is 12.4. The fourth-order valence-electron chi connectivity index (χ4n) is 2.22. The van der Waals surface area contributed by atoms with E-state index in [9.17, 15) is 4.79 Å². The first-order valence-electron chi connectivity index (χ1n) is 6.80. The number of halogens is 1. The van der Waals surface area contributed by atoms with Crippen LogP contribution in [0.2, 0.25) is 5.02 Å².